The minimum absolute atomic E-state index is 0.0786. The maximum absolute atomic E-state index is 10.9. The lowest BCUT2D eigenvalue weighted by atomic mass is 10.2. The monoisotopic (exact) mass is 250 g/mol. The molecule has 17 heavy (non-hydrogen) atoms. The molecule has 0 radical (unpaired) electrons. The second-order valence-electron chi connectivity index (χ2n) is 3.16. The van der Waals surface area contributed by atoms with Gasteiger partial charge in [0.2, 0.25) is 0 Å². The second-order valence-corrected chi connectivity index (χ2v) is 3.53. The first-order chi connectivity index (χ1) is 8.09. The number of nitrogen functional groups attached to an aromatic ring is 1. The van der Waals surface area contributed by atoms with Gasteiger partial charge < -0.3 is 10.8 Å². The first kappa shape index (κ1) is 11.3. The summed E-state index contributed by atoms with van der Waals surface area (Å²) in [4.78, 5) is 22.7. The van der Waals surface area contributed by atoms with Crippen LogP contribution in [0, 0.1) is 0 Å². The maximum atomic E-state index is 10.9. The van der Waals surface area contributed by atoms with Gasteiger partial charge in [-0.1, -0.05) is 11.6 Å². The lowest BCUT2D eigenvalue weighted by molar-refractivity contribution is 0.0691. The van der Waals surface area contributed by atoms with E-state index in [4.69, 9.17) is 22.4 Å². The Bertz CT molecular complexity index is 574. The van der Waals surface area contributed by atoms with Gasteiger partial charge in [0.15, 0.2) is 5.69 Å². The molecule has 0 amide bonds. The summed E-state index contributed by atoms with van der Waals surface area (Å²) in [5.74, 6) is -1.24. The molecule has 0 saturated carbocycles. The Morgan fingerprint density at radius 3 is 2.71 bits per heavy atom. The van der Waals surface area contributed by atoms with Gasteiger partial charge in [-0.15, -0.1) is 0 Å². The lowest BCUT2D eigenvalue weighted by Gasteiger charge is -2.05. The van der Waals surface area contributed by atoms with Crippen molar-refractivity contribution in [3.05, 3.63) is 35.4 Å². The molecule has 0 bridgehead atoms. The highest BCUT2D eigenvalue weighted by atomic mass is 35.5. The zero-order valence-corrected chi connectivity index (χ0v) is 9.22. The van der Waals surface area contributed by atoms with Crippen LogP contribution in [0.4, 0.5) is 5.69 Å². The van der Waals surface area contributed by atoms with E-state index in [1.807, 2.05) is 0 Å². The molecule has 7 heteroatoms. The van der Waals surface area contributed by atoms with E-state index in [0.29, 0.717) is 11.4 Å². The summed E-state index contributed by atoms with van der Waals surface area (Å²) in [6.07, 6.45) is 4.43. The molecule has 0 aromatic carbocycles. The van der Waals surface area contributed by atoms with Crippen LogP contribution in [0.15, 0.2) is 24.7 Å². The van der Waals surface area contributed by atoms with Gasteiger partial charge in [-0.05, 0) is 6.07 Å². The molecule has 2 aromatic heterocycles. The zero-order valence-electron chi connectivity index (χ0n) is 8.46. The molecule has 2 rings (SSSR count). The summed E-state index contributed by atoms with van der Waals surface area (Å²) < 4.78 is 0. The van der Waals surface area contributed by atoms with Gasteiger partial charge >= 0.3 is 5.97 Å². The van der Waals surface area contributed by atoms with Gasteiger partial charge in [-0.3, -0.25) is 9.97 Å². The number of carboxylic acid groups (broad SMARTS) is 1. The van der Waals surface area contributed by atoms with Crippen LogP contribution < -0.4 is 5.73 Å². The van der Waals surface area contributed by atoms with Crippen LogP contribution >= 0.6 is 11.6 Å². The third kappa shape index (κ3) is 2.16. The van der Waals surface area contributed by atoms with Crippen molar-refractivity contribution >= 4 is 23.3 Å². The fourth-order valence-electron chi connectivity index (χ4n) is 1.25. The molecule has 0 saturated heterocycles. The number of carboxylic acids is 1. The van der Waals surface area contributed by atoms with Crippen molar-refractivity contribution in [1.82, 2.24) is 15.0 Å². The highest BCUT2D eigenvalue weighted by Gasteiger charge is 2.16. The van der Waals surface area contributed by atoms with Crippen LogP contribution in [0.25, 0.3) is 11.4 Å². The SMILES string of the molecule is Nc1cc(-c2cnccn2)nc(C(=O)O)c1Cl. The van der Waals surface area contributed by atoms with Crippen molar-refractivity contribution in [2.45, 2.75) is 0 Å². The number of anilines is 1. The fourth-order valence-corrected chi connectivity index (χ4v) is 1.43. The number of pyridine rings is 1. The molecule has 0 aliphatic heterocycles. The van der Waals surface area contributed by atoms with Gasteiger partial charge in [0.1, 0.15) is 5.69 Å². The number of hydrogen-bond donors (Lipinski definition) is 2. The van der Waals surface area contributed by atoms with Gasteiger partial charge in [0.05, 0.1) is 22.6 Å². The summed E-state index contributed by atoms with van der Waals surface area (Å²) in [5.41, 5.74) is 6.20. The van der Waals surface area contributed by atoms with E-state index >= 15 is 0 Å². The average Bonchev–Trinajstić information content (AvgIpc) is 2.33. The Labute approximate surface area is 101 Å². The van der Waals surface area contributed by atoms with E-state index in [0.717, 1.165) is 0 Å². The average molecular weight is 251 g/mol. The van der Waals surface area contributed by atoms with Crippen molar-refractivity contribution in [2.75, 3.05) is 5.73 Å². The standard InChI is InChI=1S/C10H7ClN4O2/c11-8-5(12)3-6(15-9(8)10(16)17)7-4-13-1-2-14-7/h1-4H,(H2,12,15)(H,16,17). The normalized spacial score (nSPS) is 10.2. The summed E-state index contributed by atoms with van der Waals surface area (Å²) >= 11 is 5.74. The van der Waals surface area contributed by atoms with Gasteiger partial charge in [-0.2, -0.15) is 0 Å². The molecule has 6 nitrogen and oxygen atoms in total. The number of carbonyl (C=O) groups is 1. The number of halogens is 1. The van der Waals surface area contributed by atoms with E-state index in [-0.39, 0.29) is 16.4 Å². The molecule has 0 unspecified atom stereocenters. The van der Waals surface area contributed by atoms with Crippen LogP contribution in [0.1, 0.15) is 10.5 Å². The number of nitrogens with zero attached hydrogens (tertiary/aromatic N) is 3. The summed E-state index contributed by atoms with van der Waals surface area (Å²) in [7, 11) is 0. The third-order valence-corrected chi connectivity index (χ3v) is 2.41. The molecular weight excluding hydrogens is 244 g/mol. The first-order valence-electron chi connectivity index (χ1n) is 4.55. The summed E-state index contributed by atoms with van der Waals surface area (Å²) in [6, 6.07) is 1.46. The summed E-state index contributed by atoms with van der Waals surface area (Å²) in [5, 5.41) is 8.84. The van der Waals surface area contributed by atoms with E-state index in [9.17, 15) is 4.79 Å². The Balaban J connectivity index is 2.61. The highest BCUT2D eigenvalue weighted by molar-refractivity contribution is 6.35. The number of nitrogens with two attached hydrogens (primary N) is 1. The molecular formula is C10H7ClN4O2. The molecule has 0 aliphatic carbocycles. The number of rotatable bonds is 2. The molecule has 0 spiro atoms. The van der Waals surface area contributed by atoms with E-state index in [1.165, 1.54) is 24.7 Å². The van der Waals surface area contributed by atoms with Crippen molar-refractivity contribution in [3.8, 4) is 11.4 Å². The smallest absolute Gasteiger partial charge is 0.356 e. The Morgan fingerprint density at radius 1 is 1.35 bits per heavy atom. The Kier molecular flexibility index (Phi) is 2.88. The van der Waals surface area contributed by atoms with Crippen molar-refractivity contribution < 1.29 is 9.90 Å². The number of aromatic carboxylic acids is 1. The van der Waals surface area contributed by atoms with E-state index in [1.54, 1.807) is 0 Å². The van der Waals surface area contributed by atoms with Crippen LogP contribution in [0.5, 0.6) is 0 Å². The molecule has 0 atom stereocenters. The topological polar surface area (TPSA) is 102 Å². The largest absolute Gasteiger partial charge is 0.476 e. The predicted octanol–water partition coefficient (Wildman–Crippen LogP) is 1.47. The zero-order chi connectivity index (χ0) is 12.4. The lowest BCUT2D eigenvalue weighted by Crippen LogP contribution is -2.05. The van der Waals surface area contributed by atoms with Gasteiger partial charge in [0.25, 0.3) is 0 Å². The van der Waals surface area contributed by atoms with Crippen molar-refractivity contribution in [1.29, 1.82) is 0 Å². The van der Waals surface area contributed by atoms with Crippen molar-refractivity contribution in [2.24, 2.45) is 0 Å². The van der Waals surface area contributed by atoms with Crippen LogP contribution in [0.2, 0.25) is 5.02 Å². The molecule has 2 aromatic rings. The second kappa shape index (κ2) is 4.34. The quantitative estimate of drug-likeness (QED) is 0.837. The van der Waals surface area contributed by atoms with Crippen LogP contribution in [-0.2, 0) is 0 Å². The Hall–Kier alpha value is -2.21. The highest BCUT2D eigenvalue weighted by Crippen LogP contribution is 2.26. The first-order valence-corrected chi connectivity index (χ1v) is 4.93. The molecule has 3 N–H and O–H groups in total. The van der Waals surface area contributed by atoms with Crippen molar-refractivity contribution in [3.63, 3.8) is 0 Å². The van der Waals surface area contributed by atoms with E-state index in [2.05, 4.69) is 15.0 Å². The number of aromatic nitrogens is 3. The molecule has 2 heterocycles. The summed E-state index contributed by atoms with van der Waals surface area (Å²) in [6.45, 7) is 0. The number of hydrogen-bond acceptors (Lipinski definition) is 5. The molecule has 0 fully saturated rings. The van der Waals surface area contributed by atoms with Crippen LogP contribution in [0.3, 0.4) is 0 Å². The fraction of sp³-hybridized carbons (Fsp3) is 0. The third-order valence-electron chi connectivity index (χ3n) is 2.01. The minimum atomic E-state index is -1.24. The van der Waals surface area contributed by atoms with E-state index < -0.39 is 5.97 Å². The molecule has 86 valence electrons. The minimum Gasteiger partial charge on any atom is -0.476 e. The van der Waals surface area contributed by atoms with Gasteiger partial charge in [-0.25, -0.2) is 9.78 Å². The van der Waals surface area contributed by atoms with Gasteiger partial charge in [0, 0.05) is 12.4 Å². The Morgan fingerprint density at radius 2 is 2.12 bits per heavy atom. The maximum Gasteiger partial charge on any atom is 0.356 e. The van der Waals surface area contributed by atoms with Crippen LogP contribution in [-0.4, -0.2) is 26.0 Å². The molecule has 0 aliphatic rings. The predicted molar refractivity (Wildman–Crippen MR) is 61.6 cm³/mol.